The molecule has 0 aliphatic rings. The van der Waals surface area contributed by atoms with E-state index in [1.54, 1.807) is 32.2 Å². The highest BCUT2D eigenvalue weighted by Crippen LogP contribution is 2.37. The monoisotopic (exact) mass is 1470 g/mol. The molecular weight excluding hydrogens is 1350 g/mol. The third-order valence-corrected chi connectivity index (χ3v) is 17.7. The summed E-state index contributed by atoms with van der Waals surface area (Å²) >= 11 is 0. The molecule has 25 nitrogen and oxygen atoms in total. The number of hydrogen-bond donors (Lipinski definition) is 0. The number of esters is 3. The fraction of sp³-hybridized carbons (Fsp3) is 0.654. The van der Waals surface area contributed by atoms with E-state index in [0.29, 0.717) is 162 Å². The minimum absolute atomic E-state index is 0.109. The smallest absolute Gasteiger partial charge is 0.308 e. The Labute approximate surface area is 632 Å². The van der Waals surface area contributed by atoms with E-state index in [9.17, 15) is 14.4 Å². The standard InChI is InChI=1S/C78H116B3N9O16/c1-52-34-59(41-79)37-66(69(52)102-56(5)91)94-48-62-44-88(85-82-62)28-22-72(8,9)97-31-25-75(14,15)101-51-65(106-77(18,19)27-33-99-74(12,13)24-30-90-46-64(84-87-90)50-96-68-39-61(43-81)36-54(3)71(68)104-58(7)93)40-78(20,21)100-47-55(4)105-76(16,17)26-32-98-73(10,11)23-29-89-45-63(83-86-89)49-95-67-38-60(42-80)35-53(2)70(67)103-57(6)92/h34-39,44-46,55,65H,22-33,40-43,47-51H2,1-21H3. The van der Waals surface area contributed by atoms with Crippen LogP contribution in [-0.2, 0) is 106 Å². The van der Waals surface area contributed by atoms with Crippen molar-refractivity contribution in [2.75, 3.05) is 33.0 Å². The fourth-order valence-electron chi connectivity index (χ4n) is 11.6. The Bertz CT molecular complexity index is 3790. The van der Waals surface area contributed by atoms with Gasteiger partial charge in [0.1, 0.15) is 36.9 Å². The Morgan fingerprint density at radius 2 is 0.708 bits per heavy atom. The molecule has 0 saturated carbocycles. The van der Waals surface area contributed by atoms with Crippen LogP contribution in [0.1, 0.15) is 220 Å². The second kappa shape index (κ2) is 39.3. The number of rotatable bonds is 48. The molecule has 6 radical (unpaired) electrons. The zero-order valence-electron chi connectivity index (χ0n) is 67.0. The molecule has 3 heterocycles. The van der Waals surface area contributed by atoms with Gasteiger partial charge in [-0.15, -0.1) is 15.3 Å². The first kappa shape index (κ1) is 87.7. The number of benzene rings is 3. The van der Waals surface area contributed by atoms with Gasteiger partial charge in [-0.1, -0.05) is 69.5 Å². The molecule has 2 unspecified atom stereocenters. The van der Waals surface area contributed by atoms with Gasteiger partial charge in [0.15, 0.2) is 34.5 Å². The second-order valence-electron chi connectivity index (χ2n) is 31.8. The molecule has 0 aliphatic heterocycles. The molecule has 0 amide bonds. The number of carbonyl (C=O) groups is 3. The number of carbonyl (C=O) groups excluding carboxylic acids is 3. The molecule has 106 heavy (non-hydrogen) atoms. The minimum atomic E-state index is -0.659. The topological polar surface area (TPSA) is 263 Å². The van der Waals surface area contributed by atoms with Crippen LogP contribution in [0.2, 0.25) is 0 Å². The number of nitrogens with zero attached hydrogens (tertiary/aromatic N) is 9. The highest BCUT2D eigenvalue weighted by atomic mass is 16.6. The van der Waals surface area contributed by atoms with E-state index in [4.69, 9.17) is 85.1 Å². The van der Waals surface area contributed by atoms with Crippen molar-refractivity contribution in [3.8, 4) is 34.5 Å². The zero-order chi connectivity index (χ0) is 78.4. The second-order valence-corrected chi connectivity index (χ2v) is 31.8. The van der Waals surface area contributed by atoms with Gasteiger partial charge in [0.2, 0.25) is 0 Å². The predicted octanol–water partition coefficient (Wildman–Crippen LogP) is 12.4. The Balaban J connectivity index is 1.01. The molecule has 6 rings (SSSR count). The van der Waals surface area contributed by atoms with Gasteiger partial charge in [0, 0.05) is 46.8 Å². The molecule has 0 N–H and O–H groups in total. The Kier molecular flexibility index (Phi) is 32.5. The quantitative estimate of drug-likeness (QED) is 0.0195. The fourth-order valence-corrected chi connectivity index (χ4v) is 11.6. The molecule has 0 bridgehead atoms. The summed E-state index contributed by atoms with van der Waals surface area (Å²) < 4.78 is 86.9. The van der Waals surface area contributed by atoms with E-state index < -0.39 is 57.1 Å². The maximum Gasteiger partial charge on any atom is 0.308 e. The van der Waals surface area contributed by atoms with Crippen LogP contribution in [0.4, 0.5) is 0 Å². The molecule has 3 aromatic heterocycles. The van der Waals surface area contributed by atoms with Gasteiger partial charge in [-0.2, -0.15) is 0 Å². The minimum Gasteiger partial charge on any atom is -0.483 e. The van der Waals surface area contributed by atoms with Gasteiger partial charge in [-0.25, -0.2) is 0 Å². The highest BCUT2D eigenvalue weighted by molar-refractivity contribution is 6.09. The van der Waals surface area contributed by atoms with Crippen molar-refractivity contribution < 1.29 is 76.0 Å². The summed E-state index contributed by atoms with van der Waals surface area (Å²) in [6.07, 6.45) is 10.1. The SMILES string of the molecule is [B]Cc1cc(C)c(OC(C)=O)c(OCc2cn(CCC(C)(C)OCCC(C)(C)OCC(CC(C)(C)OCC(C)OC(C)(C)CCOC(C)(C)CCn3cc(COc4cc(C[B])cc(C)c4OC(C)=O)nn3)OC(C)(C)CCOC(C)(C)CCn3cc(COc4cc(C[B])cc(C)c4OC(C)=O)nn3)nn2)c1. The largest absolute Gasteiger partial charge is 0.483 e. The van der Waals surface area contributed by atoms with Crippen LogP contribution in [0.5, 0.6) is 34.5 Å². The number of aromatic nitrogens is 9. The first-order valence-electron chi connectivity index (χ1n) is 36.7. The van der Waals surface area contributed by atoms with E-state index in [0.717, 1.165) is 33.4 Å². The first-order chi connectivity index (χ1) is 49.5. The van der Waals surface area contributed by atoms with Crippen molar-refractivity contribution in [1.29, 1.82) is 0 Å². The summed E-state index contributed by atoms with van der Waals surface area (Å²) in [5, 5.41) is 26.0. The van der Waals surface area contributed by atoms with Crippen molar-refractivity contribution in [2.24, 2.45) is 0 Å². The van der Waals surface area contributed by atoms with Crippen LogP contribution in [0.25, 0.3) is 0 Å². The maximum atomic E-state index is 11.9. The van der Waals surface area contributed by atoms with Crippen molar-refractivity contribution in [3.63, 3.8) is 0 Å². The molecule has 3 aromatic carbocycles. The van der Waals surface area contributed by atoms with E-state index in [2.05, 4.69) is 128 Å². The normalized spacial score (nSPS) is 13.2. The maximum absolute atomic E-state index is 11.9. The molecule has 0 spiro atoms. The van der Waals surface area contributed by atoms with Crippen molar-refractivity contribution in [2.45, 2.75) is 300 Å². The van der Waals surface area contributed by atoms with Gasteiger partial charge in [-0.3, -0.25) is 28.4 Å². The summed E-state index contributed by atoms with van der Waals surface area (Å²) in [6.45, 7) is 44.5. The van der Waals surface area contributed by atoms with Gasteiger partial charge < -0.3 is 61.6 Å². The van der Waals surface area contributed by atoms with E-state index in [1.165, 1.54) is 20.8 Å². The number of aryl methyl sites for hydroxylation is 6. The zero-order valence-corrected chi connectivity index (χ0v) is 67.0. The lowest BCUT2D eigenvalue weighted by Gasteiger charge is -2.38. The lowest BCUT2D eigenvalue weighted by molar-refractivity contribution is -0.176. The highest BCUT2D eigenvalue weighted by Gasteiger charge is 2.35. The first-order valence-corrected chi connectivity index (χ1v) is 36.7. The average molecular weight is 1470 g/mol. The third-order valence-electron chi connectivity index (χ3n) is 17.7. The molecule has 6 aromatic rings. The van der Waals surface area contributed by atoms with Crippen LogP contribution in [-0.4, -0.2) is 171 Å². The van der Waals surface area contributed by atoms with Crippen LogP contribution >= 0.6 is 0 Å². The molecule has 578 valence electrons. The van der Waals surface area contributed by atoms with Crippen molar-refractivity contribution in [3.05, 3.63) is 105 Å². The molecular formula is C78H116B3N9O16. The number of hydrogen-bond acceptors (Lipinski definition) is 22. The Morgan fingerprint density at radius 3 is 1.03 bits per heavy atom. The van der Waals surface area contributed by atoms with Crippen LogP contribution in [0, 0.1) is 20.8 Å². The molecule has 0 aliphatic carbocycles. The van der Waals surface area contributed by atoms with Gasteiger partial charge >= 0.3 is 17.9 Å². The Morgan fingerprint density at radius 1 is 0.406 bits per heavy atom. The summed E-state index contributed by atoms with van der Waals surface area (Å²) in [6, 6.07) is 10.9. The van der Waals surface area contributed by atoms with Crippen LogP contribution in [0.3, 0.4) is 0 Å². The van der Waals surface area contributed by atoms with Crippen molar-refractivity contribution in [1.82, 2.24) is 45.0 Å². The van der Waals surface area contributed by atoms with E-state index >= 15 is 0 Å². The summed E-state index contributed by atoms with van der Waals surface area (Å²) in [7, 11) is 17.8. The van der Waals surface area contributed by atoms with E-state index in [-0.39, 0.29) is 38.6 Å². The molecule has 28 heteroatoms. The lowest BCUT2D eigenvalue weighted by Crippen LogP contribution is -2.43. The van der Waals surface area contributed by atoms with Gasteiger partial charge in [-0.05, 0) is 198 Å². The van der Waals surface area contributed by atoms with E-state index in [1.807, 2.05) is 64.5 Å². The Hall–Kier alpha value is -7.20. The third kappa shape index (κ3) is 30.8. The van der Waals surface area contributed by atoms with Crippen molar-refractivity contribution >= 4 is 41.4 Å². The van der Waals surface area contributed by atoms with Crippen LogP contribution < -0.4 is 28.4 Å². The molecule has 0 saturated heterocycles. The number of ether oxygens (including phenoxy) is 13. The average Bonchev–Trinajstić information content (AvgIpc) is 0.926. The summed E-state index contributed by atoms with van der Waals surface area (Å²) in [4.78, 5) is 35.6. The summed E-state index contributed by atoms with van der Waals surface area (Å²) in [5.74, 6) is 0.929. The van der Waals surface area contributed by atoms with Crippen LogP contribution in [0.15, 0.2) is 55.0 Å². The predicted molar refractivity (Wildman–Crippen MR) is 405 cm³/mol. The molecule has 0 fully saturated rings. The van der Waals surface area contributed by atoms with Gasteiger partial charge in [0.05, 0.1) is 127 Å². The lowest BCUT2D eigenvalue weighted by atomic mass is 9.95. The molecule has 2 atom stereocenters. The van der Waals surface area contributed by atoms with Gasteiger partial charge in [0.25, 0.3) is 0 Å². The summed E-state index contributed by atoms with van der Waals surface area (Å²) in [5.41, 5.74) is 2.68.